The molecule has 16 heteroatoms. The van der Waals surface area contributed by atoms with Crippen LogP contribution in [0.1, 0.15) is 17.5 Å². The summed E-state index contributed by atoms with van der Waals surface area (Å²) in [5.41, 5.74) is -3.21. The van der Waals surface area contributed by atoms with E-state index in [1.165, 1.54) is 15.7 Å². The van der Waals surface area contributed by atoms with Gasteiger partial charge in [-0.25, -0.2) is 13.8 Å². The minimum Gasteiger partial charge on any atom is -0.403 e. The number of hydrogen-bond donors (Lipinski definition) is 2. The fraction of sp³-hybridized carbons (Fsp3) is 0.412. The molecule has 1 saturated heterocycles. The molecule has 10 nitrogen and oxygen atoms in total. The predicted molar refractivity (Wildman–Crippen MR) is 118 cm³/mol. The molecule has 2 aromatic rings. The quantitative estimate of drug-likeness (QED) is 0.392. The van der Waals surface area contributed by atoms with E-state index in [9.17, 15) is 23.7 Å². The van der Waals surface area contributed by atoms with E-state index >= 15 is 4.39 Å². The molecular formula is C17H20B3F2N2O8P. The number of alkyl halides is 1. The van der Waals surface area contributed by atoms with Gasteiger partial charge in [0.15, 0.2) is 7.85 Å². The van der Waals surface area contributed by atoms with Crippen molar-refractivity contribution in [1.82, 2.24) is 9.55 Å². The number of phosphoric acid groups is 1. The largest absolute Gasteiger partial charge is 0.529 e. The summed E-state index contributed by atoms with van der Waals surface area (Å²) in [7, 11) is -0.762. The fourth-order valence-corrected chi connectivity index (χ4v) is 5.49. The highest BCUT2D eigenvalue weighted by atomic mass is 31.2. The molecule has 2 N–H and O–H groups in total. The van der Waals surface area contributed by atoms with Crippen molar-refractivity contribution in [3.8, 4) is 5.75 Å². The van der Waals surface area contributed by atoms with Crippen molar-refractivity contribution in [2.75, 3.05) is 0 Å². The first-order valence-corrected chi connectivity index (χ1v) is 11.5. The molecular weight excluding hydrogens is 462 g/mol. The van der Waals surface area contributed by atoms with E-state index in [2.05, 4.69) is 0 Å². The van der Waals surface area contributed by atoms with Crippen LogP contribution in [0.15, 0.2) is 34.0 Å². The number of para-hydroxylation sites is 1. The Labute approximate surface area is 189 Å². The lowest BCUT2D eigenvalue weighted by Gasteiger charge is -2.41. The van der Waals surface area contributed by atoms with Crippen LogP contribution in [0.5, 0.6) is 5.75 Å². The van der Waals surface area contributed by atoms with Crippen LogP contribution in [0.4, 0.5) is 8.78 Å². The van der Waals surface area contributed by atoms with Gasteiger partial charge in [-0.3, -0.25) is 23.4 Å². The molecule has 174 valence electrons. The summed E-state index contributed by atoms with van der Waals surface area (Å²) in [6, 6.07) is 5.23. The number of aliphatic hydroxyl groups is 1. The van der Waals surface area contributed by atoms with Crippen LogP contribution in [0.2, 0.25) is 0 Å². The fourth-order valence-electron chi connectivity index (χ4n) is 3.87. The first-order valence-electron chi connectivity index (χ1n) is 10.0. The lowest BCUT2D eigenvalue weighted by Crippen LogP contribution is -2.56. The third-order valence-electron chi connectivity index (χ3n) is 5.93. The van der Waals surface area contributed by atoms with Crippen LogP contribution in [0, 0.1) is 12.7 Å². The second-order valence-electron chi connectivity index (χ2n) is 8.69. The number of phosphoric ester groups is 1. The molecule has 0 radical (unpaired) electrons. The molecule has 0 spiro atoms. The van der Waals surface area contributed by atoms with Crippen molar-refractivity contribution in [3.05, 3.63) is 62.2 Å². The highest BCUT2D eigenvalue weighted by Gasteiger charge is 2.63. The van der Waals surface area contributed by atoms with E-state index in [1.807, 2.05) is 0 Å². The average Bonchev–Trinajstić information content (AvgIpc) is 2.95. The Bertz CT molecular complexity index is 1290. The van der Waals surface area contributed by atoms with Gasteiger partial charge >= 0.3 is 13.5 Å². The number of hydrogen-bond acceptors (Lipinski definition) is 8. The van der Waals surface area contributed by atoms with Crippen molar-refractivity contribution < 1.29 is 36.8 Å². The summed E-state index contributed by atoms with van der Waals surface area (Å²) in [5.74, 6) is -3.87. The van der Waals surface area contributed by atoms with Gasteiger partial charge in [-0.2, -0.15) is 4.39 Å². The standard InChI is InChI=1S/C17H20B3F2N2O8P/c1-8-3-2-4-9-7-29-33(28,30-12(8)9)32-17(19,20)15(22)5-11(25)16(18,31-15)24-6-10(21)13(26)23-14(24)27/h2-4,6,11,25H,5,7,18-20H2,1H3,(H,23,26,27)/t11-,15+,16+,33?/m1/s1. The Morgan fingerprint density at radius 3 is 2.79 bits per heavy atom. The van der Waals surface area contributed by atoms with Gasteiger partial charge in [0.05, 0.1) is 24.3 Å². The second-order valence-corrected chi connectivity index (χ2v) is 10.2. The number of fused-ring (bicyclic) bond motifs is 1. The predicted octanol–water partition coefficient (Wildman–Crippen LogP) is -1.67. The van der Waals surface area contributed by atoms with Gasteiger partial charge in [-0.05, 0) is 12.5 Å². The molecule has 2 aliphatic rings. The summed E-state index contributed by atoms with van der Waals surface area (Å²) < 4.78 is 65.4. The minimum absolute atomic E-state index is 0.100. The number of rotatable bonds is 4. The third kappa shape index (κ3) is 3.91. The molecule has 33 heavy (non-hydrogen) atoms. The molecule has 1 unspecified atom stereocenters. The van der Waals surface area contributed by atoms with E-state index in [1.54, 1.807) is 30.1 Å². The van der Waals surface area contributed by atoms with Gasteiger partial charge < -0.3 is 14.4 Å². The Hall–Kier alpha value is -2.18. The number of nitrogens with one attached hydrogen (secondary N) is 1. The van der Waals surface area contributed by atoms with Crippen molar-refractivity contribution >= 4 is 31.4 Å². The summed E-state index contributed by atoms with van der Waals surface area (Å²) in [5, 5.41) is 8.56. The van der Waals surface area contributed by atoms with E-state index in [-0.39, 0.29) is 6.61 Å². The molecule has 1 aromatic heterocycles. The lowest BCUT2D eigenvalue weighted by atomic mass is 9.60. The van der Waals surface area contributed by atoms with E-state index in [4.69, 9.17) is 18.3 Å². The Kier molecular flexibility index (Phi) is 5.57. The maximum Gasteiger partial charge on any atom is 0.529 e. The van der Waals surface area contributed by atoms with Crippen molar-refractivity contribution in [2.45, 2.75) is 42.9 Å². The Balaban J connectivity index is 1.64. The number of H-pyrrole nitrogens is 1. The zero-order chi connectivity index (χ0) is 24.4. The normalized spacial score (nSPS) is 31.7. The molecule has 4 rings (SSSR count). The van der Waals surface area contributed by atoms with E-state index in [0.717, 1.165) is 7.85 Å². The smallest absolute Gasteiger partial charge is 0.403 e. The van der Waals surface area contributed by atoms with Crippen LogP contribution >= 0.6 is 7.82 Å². The summed E-state index contributed by atoms with van der Waals surface area (Å²) in [6.45, 7) is 1.64. The molecule has 0 bridgehead atoms. The van der Waals surface area contributed by atoms with Gasteiger partial charge in [0.25, 0.3) is 5.56 Å². The molecule has 0 saturated carbocycles. The van der Waals surface area contributed by atoms with Gasteiger partial charge in [0, 0.05) is 12.0 Å². The summed E-state index contributed by atoms with van der Waals surface area (Å²) in [6.07, 6.45) is -1.90. The van der Waals surface area contributed by atoms with Crippen LogP contribution in [0.25, 0.3) is 0 Å². The number of nitrogens with zero attached hydrogens (tertiary/aromatic N) is 1. The minimum atomic E-state index is -4.32. The van der Waals surface area contributed by atoms with Crippen molar-refractivity contribution in [3.63, 3.8) is 0 Å². The topological polar surface area (TPSA) is 129 Å². The molecule has 1 fully saturated rings. The molecule has 1 aromatic carbocycles. The molecule has 0 amide bonds. The molecule has 0 aliphatic carbocycles. The van der Waals surface area contributed by atoms with E-state index in [0.29, 0.717) is 27.6 Å². The summed E-state index contributed by atoms with van der Waals surface area (Å²) in [4.78, 5) is 25.3. The monoisotopic (exact) mass is 482 g/mol. The first kappa shape index (κ1) is 24.0. The number of aryl methyl sites for hydroxylation is 1. The molecule has 3 heterocycles. The SMILES string of the molecule is BC(B)(OP1(=O)OCc2cccc(C)c2O1)[C@]1(F)C[C@@H](O)[C@](B)(n2cc(F)c(=O)[nH]c2=O)O1. The number of aromatic amines is 1. The van der Waals surface area contributed by atoms with E-state index < -0.39 is 54.3 Å². The van der Waals surface area contributed by atoms with Gasteiger partial charge in [-0.1, -0.05) is 18.2 Å². The Morgan fingerprint density at radius 2 is 2.09 bits per heavy atom. The lowest BCUT2D eigenvalue weighted by molar-refractivity contribution is -0.219. The maximum absolute atomic E-state index is 16.1. The van der Waals surface area contributed by atoms with Crippen LogP contribution in [-0.4, -0.2) is 55.6 Å². The first-order chi connectivity index (χ1) is 15.2. The van der Waals surface area contributed by atoms with Crippen molar-refractivity contribution in [2.24, 2.45) is 0 Å². The number of aromatic nitrogens is 2. The van der Waals surface area contributed by atoms with Crippen LogP contribution < -0.4 is 15.8 Å². The highest BCUT2D eigenvalue weighted by molar-refractivity contribution is 7.49. The van der Waals surface area contributed by atoms with Crippen molar-refractivity contribution in [1.29, 1.82) is 0 Å². The van der Waals surface area contributed by atoms with Gasteiger partial charge in [0.2, 0.25) is 11.7 Å². The van der Waals surface area contributed by atoms with Gasteiger partial charge in [-0.15, -0.1) is 0 Å². The maximum atomic E-state index is 16.1. The number of halogens is 2. The molecule has 2 aliphatic heterocycles. The second kappa shape index (κ2) is 7.67. The number of benzene rings is 1. The zero-order valence-electron chi connectivity index (χ0n) is 18.3. The third-order valence-corrected chi connectivity index (χ3v) is 7.46. The number of ether oxygens (including phenoxy) is 1. The van der Waals surface area contributed by atoms with Gasteiger partial charge in [0.1, 0.15) is 27.1 Å². The average molecular weight is 482 g/mol. The summed E-state index contributed by atoms with van der Waals surface area (Å²) >= 11 is 0. The highest BCUT2D eigenvalue weighted by Crippen LogP contribution is 2.59. The zero-order valence-corrected chi connectivity index (χ0v) is 19.2. The number of aliphatic hydroxyl groups excluding tert-OH is 1. The van der Waals surface area contributed by atoms with Crippen LogP contribution in [-0.2, 0) is 30.6 Å². The Morgan fingerprint density at radius 1 is 1.39 bits per heavy atom. The molecule has 4 atom stereocenters. The van der Waals surface area contributed by atoms with Crippen LogP contribution in [0.3, 0.4) is 0 Å².